The van der Waals surface area contributed by atoms with Crippen molar-refractivity contribution >= 4 is 32.3 Å². The van der Waals surface area contributed by atoms with Gasteiger partial charge in [-0.1, -0.05) is 31.5 Å². The number of benzene rings is 2. The number of pyridine rings is 1. The van der Waals surface area contributed by atoms with Crippen molar-refractivity contribution in [2.24, 2.45) is 0 Å². The molecule has 4 rings (SSSR count). The number of rotatable bonds is 4. The highest BCUT2D eigenvalue weighted by atomic mass is 32.1. The van der Waals surface area contributed by atoms with Crippen LogP contribution in [0.4, 0.5) is 4.39 Å². The number of aromatic nitrogens is 1. The summed E-state index contributed by atoms with van der Waals surface area (Å²) >= 11 is 1.38. The van der Waals surface area contributed by atoms with Gasteiger partial charge in [-0.25, -0.2) is 4.39 Å². The molecule has 0 aliphatic rings. The Kier molecular flexibility index (Phi) is 4.34. The maximum atomic E-state index is 14.6. The maximum Gasteiger partial charge on any atom is 0.266 e. The van der Waals surface area contributed by atoms with Crippen LogP contribution in [0.2, 0.25) is 0 Å². The SMILES string of the molecule is CCCc1ccc(-c2c(CO)ccc3[nH]c(=O)c4sccc4c23)cc1F. The van der Waals surface area contributed by atoms with Gasteiger partial charge in [0.05, 0.1) is 6.61 Å². The standard InChI is InChI=1S/C21H18FNO2S/c1-2-3-12-4-5-13(10-16(12)22)18-14(11-24)6-7-17-19(18)15-8-9-26-20(15)21(25)23-17/h4-10,24H,2-3,11H2,1H3,(H,23,25). The van der Waals surface area contributed by atoms with Crippen molar-refractivity contribution in [2.75, 3.05) is 0 Å². The topological polar surface area (TPSA) is 53.1 Å². The van der Waals surface area contributed by atoms with Gasteiger partial charge in [0.1, 0.15) is 10.5 Å². The van der Waals surface area contributed by atoms with Crippen LogP contribution < -0.4 is 5.56 Å². The van der Waals surface area contributed by atoms with Gasteiger partial charge in [0, 0.05) is 16.3 Å². The highest BCUT2D eigenvalue weighted by Gasteiger charge is 2.16. The van der Waals surface area contributed by atoms with E-state index in [-0.39, 0.29) is 18.0 Å². The van der Waals surface area contributed by atoms with E-state index in [1.54, 1.807) is 12.1 Å². The second kappa shape index (κ2) is 6.67. The van der Waals surface area contributed by atoms with E-state index in [0.29, 0.717) is 33.3 Å². The molecule has 0 spiro atoms. The zero-order chi connectivity index (χ0) is 18.3. The van der Waals surface area contributed by atoms with Crippen LogP contribution in [-0.4, -0.2) is 10.1 Å². The molecule has 4 aromatic rings. The van der Waals surface area contributed by atoms with Crippen LogP contribution in [0, 0.1) is 5.82 Å². The first kappa shape index (κ1) is 16.9. The lowest BCUT2D eigenvalue weighted by molar-refractivity contribution is 0.282. The average molecular weight is 367 g/mol. The lowest BCUT2D eigenvalue weighted by Crippen LogP contribution is -2.05. The number of hydrogen-bond donors (Lipinski definition) is 2. The third kappa shape index (κ3) is 2.64. The molecule has 0 saturated heterocycles. The van der Waals surface area contributed by atoms with Crippen LogP contribution in [0.25, 0.3) is 32.1 Å². The molecule has 0 amide bonds. The van der Waals surface area contributed by atoms with Crippen LogP contribution in [0.3, 0.4) is 0 Å². The van der Waals surface area contributed by atoms with Crippen molar-refractivity contribution in [3.05, 3.63) is 69.1 Å². The minimum Gasteiger partial charge on any atom is -0.392 e. The molecule has 0 radical (unpaired) electrons. The van der Waals surface area contributed by atoms with E-state index in [2.05, 4.69) is 4.98 Å². The molecule has 2 N–H and O–H groups in total. The number of hydrogen-bond acceptors (Lipinski definition) is 3. The van der Waals surface area contributed by atoms with Gasteiger partial charge in [0.15, 0.2) is 0 Å². The zero-order valence-corrected chi connectivity index (χ0v) is 15.1. The number of H-pyrrole nitrogens is 1. The van der Waals surface area contributed by atoms with Crippen LogP contribution in [0.15, 0.2) is 46.6 Å². The lowest BCUT2D eigenvalue weighted by atomic mass is 9.92. The summed E-state index contributed by atoms with van der Waals surface area (Å²) in [6, 6.07) is 10.7. The third-order valence-corrected chi connectivity index (χ3v) is 5.63. The average Bonchev–Trinajstić information content (AvgIpc) is 3.13. The summed E-state index contributed by atoms with van der Waals surface area (Å²) in [4.78, 5) is 15.2. The molecule has 0 bridgehead atoms. The van der Waals surface area contributed by atoms with Crippen molar-refractivity contribution in [2.45, 2.75) is 26.4 Å². The van der Waals surface area contributed by atoms with Gasteiger partial charge in [-0.15, -0.1) is 11.3 Å². The van der Waals surface area contributed by atoms with Gasteiger partial charge in [0.2, 0.25) is 0 Å². The first-order valence-corrected chi connectivity index (χ1v) is 9.46. The Balaban J connectivity index is 2.09. The summed E-state index contributed by atoms with van der Waals surface area (Å²) in [5.74, 6) is -0.240. The molecule has 0 atom stereocenters. The van der Waals surface area contributed by atoms with Crippen LogP contribution in [0.5, 0.6) is 0 Å². The van der Waals surface area contributed by atoms with E-state index in [1.807, 2.05) is 30.5 Å². The third-order valence-electron chi connectivity index (χ3n) is 4.71. The molecule has 2 aromatic carbocycles. The largest absolute Gasteiger partial charge is 0.392 e. The van der Waals surface area contributed by atoms with Crippen molar-refractivity contribution in [1.82, 2.24) is 4.98 Å². The number of aryl methyl sites for hydroxylation is 1. The van der Waals surface area contributed by atoms with Crippen LogP contribution >= 0.6 is 11.3 Å². The molecule has 0 saturated carbocycles. The van der Waals surface area contributed by atoms with Crippen molar-refractivity contribution in [1.29, 1.82) is 0 Å². The van der Waals surface area contributed by atoms with E-state index in [9.17, 15) is 14.3 Å². The zero-order valence-electron chi connectivity index (χ0n) is 14.3. The van der Waals surface area contributed by atoms with Crippen molar-refractivity contribution in [3.63, 3.8) is 0 Å². The summed E-state index contributed by atoms with van der Waals surface area (Å²) in [5, 5.41) is 13.4. The summed E-state index contributed by atoms with van der Waals surface area (Å²) in [6.07, 6.45) is 1.57. The summed E-state index contributed by atoms with van der Waals surface area (Å²) < 4.78 is 15.2. The number of aliphatic hydroxyl groups excluding tert-OH is 1. The van der Waals surface area contributed by atoms with E-state index < -0.39 is 0 Å². The number of aromatic amines is 1. The van der Waals surface area contributed by atoms with Gasteiger partial charge in [0.25, 0.3) is 5.56 Å². The lowest BCUT2D eigenvalue weighted by Gasteiger charge is -2.14. The quantitative estimate of drug-likeness (QED) is 0.534. The maximum absolute atomic E-state index is 14.6. The summed E-state index contributed by atoms with van der Waals surface area (Å²) in [6.45, 7) is 1.86. The monoisotopic (exact) mass is 367 g/mol. The number of halogens is 1. The Morgan fingerprint density at radius 3 is 2.69 bits per heavy atom. The molecule has 2 heterocycles. The van der Waals surface area contributed by atoms with E-state index in [4.69, 9.17) is 0 Å². The Morgan fingerprint density at radius 2 is 1.96 bits per heavy atom. The summed E-state index contributed by atoms with van der Waals surface area (Å²) in [5.41, 5.74) is 3.43. The Labute approximate surface area is 153 Å². The van der Waals surface area contributed by atoms with Crippen LogP contribution in [-0.2, 0) is 13.0 Å². The highest BCUT2D eigenvalue weighted by Crippen LogP contribution is 2.37. The molecular formula is C21H18FNO2S. The molecule has 3 nitrogen and oxygen atoms in total. The number of aliphatic hydroxyl groups is 1. The number of nitrogens with one attached hydrogen (secondary N) is 1. The molecule has 26 heavy (non-hydrogen) atoms. The van der Waals surface area contributed by atoms with Gasteiger partial charge >= 0.3 is 0 Å². The van der Waals surface area contributed by atoms with Gasteiger partial charge in [-0.05, 0) is 52.3 Å². The highest BCUT2D eigenvalue weighted by molar-refractivity contribution is 7.17. The first-order valence-electron chi connectivity index (χ1n) is 8.58. The van der Waals surface area contributed by atoms with E-state index in [1.165, 1.54) is 17.4 Å². The van der Waals surface area contributed by atoms with Gasteiger partial charge in [-0.3, -0.25) is 4.79 Å². The normalized spacial score (nSPS) is 11.5. The van der Waals surface area contributed by atoms with Crippen molar-refractivity contribution in [3.8, 4) is 11.1 Å². The van der Waals surface area contributed by atoms with Gasteiger partial charge in [-0.2, -0.15) is 0 Å². The number of fused-ring (bicyclic) bond motifs is 3. The number of thiophene rings is 1. The fourth-order valence-corrected chi connectivity index (χ4v) is 4.32. The van der Waals surface area contributed by atoms with E-state index in [0.717, 1.165) is 22.8 Å². The molecule has 0 aliphatic carbocycles. The fourth-order valence-electron chi connectivity index (χ4n) is 3.53. The molecule has 2 aromatic heterocycles. The Morgan fingerprint density at radius 1 is 1.15 bits per heavy atom. The van der Waals surface area contributed by atoms with Crippen LogP contribution in [0.1, 0.15) is 24.5 Å². The predicted octanol–water partition coefficient (Wildman–Crippen LogP) is 4.99. The molecule has 0 unspecified atom stereocenters. The minimum atomic E-state index is -0.240. The smallest absolute Gasteiger partial charge is 0.266 e. The molecule has 0 aliphatic heterocycles. The molecule has 132 valence electrons. The molecule has 0 fully saturated rings. The molecular weight excluding hydrogens is 349 g/mol. The second-order valence-corrected chi connectivity index (χ2v) is 7.27. The van der Waals surface area contributed by atoms with Crippen molar-refractivity contribution < 1.29 is 9.50 Å². The first-order chi connectivity index (χ1) is 12.6. The summed E-state index contributed by atoms with van der Waals surface area (Å²) in [7, 11) is 0. The minimum absolute atomic E-state index is 0.130. The van der Waals surface area contributed by atoms with Gasteiger partial charge < -0.3 is 10.1 Å². The Bertz CT molecular complexity index is 1180. The Hall–Kier alpha value is -2.50. The fraction of sp³-hybridized carbons (Fsp3) is 0.190. The predicted molar refractivity (Wildman–Crippen MR) is 105 cm³/mol. The molecule has 5 heteroatoms. The second-order valence-electron chi connectivity index (χ2n) is 6.35. The van der Waals surface area contributed by atoms with E-state index >= 15 is 0 Å².